The molecule has 10 nitrogen and oxygen atoms in total. The van der Waals surface area contributed by atoms with Gasteiger partial charge < -0.3 is 41.5 Å². The average molecular weight is 865 g/mol. The van der Waals surface area contributed by atoms with Crippen LogP contribution in [-0.2, 0) is 19.1 Å². The van der Waals surface area contributed by atoms with Gasteiger partial charge in [-0.1, -0.05) is 131 Å². The second-order valence-electron chi connectivity index (χ2n) is 19.3. The molecule has 0 aromatic rings. The highest BCUT2D eigenvalue weighted by Gasteiger charge is 2.26. The van der Waals surface area contributed by atoms with Crippen molar-refractivity contribution < 1.29 is 19.1 Å². The van der Waals surface area contributed by atoms with E-state index in [1.807, 2.05) is 0 Å². The molecule has 1 atom stereocenters. The van der Waals surface area contributed by atoms with Crippen LogP contribution in [0, 0.1) is 11.3 Å². The summed E-state index contributed by atoms with van der Waals surface area (Å²) in [4.78, 5) is 25.6. The summed E-state index contributed by atoms with van der Waals surface area (Å²) in [6.07, 6.45) is 29.3. The second kappa shape index (κ2) is 40.0. The van der Waals surface area contributed by atoms with Crippen molar-refractivity contribution in [2.24, 2.45) is 5.92 Å². The predicted octanol–water partition coefficient (Wildman–Crippen LogP) is 11.5. The van der Waals surface area contributed by atoms with Gasteiger partial charge in [0.05, 0.1) is 0 Å². The van der Waals surface area contributed by atoms with Crippen LogP contribution in [0.5, 0.6) is 0 Å². The standard InChI is InChI=1S/C51H104N6O4/c1-10-14-16-18-20-22-24-26-42-60-49(61-43-27-25-23-21-19-17-15-11-2)34-37-56-50(8,9)35-32-47(58)55-40-41-57-51(12-3,13-4)36-33-48(59)54-39-38-53-45(7)29-31-46(52)30-28-44(5)6/h44-45,49,52-53,56-57H,10-43H2,1-9H3,(H,54,59)(H,55,58). The van der Waals surface area contributed by atoms with Crippen LogP contribution in [-0.4, -0.2) is 86.9 Å². The van der Waals surface area contributed by atoms with E-state index in [1.165, 1.54) is 89.9 Å². The van der Waals surface area contributed by atoms with Gasteiger partial charge in [-0.2, -0.15) is 0 Å². The molecule has 1 unspecified atom stereocenters. The van der Waals surface area contributed by atoms with Crippen LogP contribution in [0.1, 0.15) is 236 Å². The molecule has 2 amide bonds. The van der Waals surface area contributed by atoms with E-state index >= 15 is 0 Å². The Morgan fingerprint density at radius 3 is 1.52 bits per heavy atom. The summed E-state index contributed by atoms with van der Waals surface area (Å²) in [5, 5.41) is 25.2. The van der Waals surface area contributed by atoms with E-state index in [0.29, 0.717) is 44.4 Å². The van der Waals surface area contributed by atoms with Gasteiger partial charge >= 0.3 is 0 Å². The minimum absolute atomic E-state index is 0.0715. The molecule has 0 radical (unpaired) electrons. The maximum absolute atomic E-state index is 12.9. The smallest absolute Gasteiger partial charge is 0.220 e. The number of nitrogens with one attached hydrogen (secondary N) is 6. The highest BCUT2D eigenvalue weighted by Crippen LogP contribution is 2.22. The number of carbonyl (C=O) groups is 2. The Labute approximate surface area is 378 Å². The summed E-state index contributed by atoms with van der Waals surface area (Å²) in [6.45, 7) is 24.7. The molecule has 0 saturated carbocycles. The number of carbonyl (C=O) groups excluding carboxylic acids is 2. The van der Waals surface area contributed by atoms with Gasteiger partial charge in [-0.05, 0) is 90.9 Å². The van der Waals surface area contributed by atoms with Gasteiger partial charge in [-0.15, -0.1) is 0 Å². The van der Waals surface area contributed by atoms with Crippen molar-refractivity contribution in [1.29, 1.82) is 5.41 Å². The average Bonchev–Trinajstić information content (AvgIpc) is 3.24. The molecule has 0 bridgehead atoms. The van der Waals surface area contributed by atoms with Crippen molar-refractivity contribution >= 4 is 17.5 Å². The maximum Gasteiger partial charge on any atom is 0.220 e. The van der Waals surface area contributed by atoms with E-state index in [9.17, 15) is 9.59 Å². The van der Waals surface area contributed by atoms with Gasteiger partial charge in [0.1, 0.15) is 0 Å². The van der Waals surface area contributed by atoms with Gasteiger partial charge in [-0.3, -0.25) is 9.59 Å². The minimum atomic E-state index is -0.186. The van der Waals surface area contributed by atoms with E-state index in [2.05, 4.69) is 88.9 Å². The third-order valence-corrected chi connectivity index (χ3v) is 12.5. The zero-order valence-corrected chi connectivity index (χ0v) is 41.9. The summed E-state index contributed by atoms with van der Waals surface area (Å²) in [6, 6.07) is 0.323. The van der Waals surface area contributed by atoms with Crippen molar-refractivity contribution in [3.8, 4) is 0 Å². The first-order chi connectivity index (χ1) is 29.3. The molecule has 0 aromatic carbocycles. The molecular weight excluding hydrogens is 761 g/mol. The molecule has 61 heavy (non-hydrogen) atoms. The lowest BCUT2D eigenvalue weighted by Crippen LogP contribution is -2.48. The van der Waals surface area contributed by atoms with Crippen LogP contribution in [0.2, 0.25) is 0 Å². The largest absolute Gasteiger partial charge is 0.355 e. The fraction of sp³-hybridized carbons (Fsp3) is 0.941. The quantitative estimate of drug-likeness (QED) is 0.0204. The molecule has 0 heterocycles. The van der Waals surface area contributed by atoms with Crippen LogP contribution in [0.4, 0.5) is 0 Å². The summed E-state index contributed by atoms with van der Waals surface area (Å²) >= 11 is 0. The molecular formula is C51H104N6O4. The zero-order valence-electron chi connectivity index (χ0n) is 41.9. The van der Waals surface area contributed by atoms with Crippen molar-refractivity contribution in [3.05, 3.63) is 0 Å². The Hall–Kier alpha value is -1.59. The molecule has 6 N–H and O–H groups in total. The van der Waals surface area contributed by atoms with Crippen LogP contribution in [0.3, 0.4) is 0 Å². The molecule has 362 valence electrons. The molecule has 0 spiro atoms. The Balaban J connectivity index is 4.50. The first-order valence-corrected chi connectivity index (χ1v) is 25.9. The fourth-order valence-electron chi connectivity index (χ4n) is 7.76. The zero-order chi connectivity index (χ0) is 45.5. The van der Waals surface area contributed by atoms with Gasteiger partial charge in [-0.25, -0.2) is 0 Å². The summed E-state index contributed by atoms with van der Waals surface area (Å²) in [7, 11) is 0. The van der Waals surface area contributed by atoms with Gasteiger partial charge in [0.25, 0.3) is 0 Å². The number of amides is 2. The Kier molecular flexibility index (Phi) is 38.9. The lowest BCUT2D eigenvalue weighted by molar-refractivity contribution is -0.147. The molecule has 0 aliphatic rings. The third-order valence-electron chi connectivity index (χ3n) is 12.5. The van der Waals surface area contributed by atoms with Crippen LogP contribution in [0.25, 0.3) is 0 Å². The molecule has 10 heteroatoms. The Bertz CT molecular complexity index is 1010. The normalized spacial score (nSPS) is 12.7. The van der Waals surface area contributed by atoms with E-state index in [1.54, 1.807) is 0 Å². The van der Waals surface area contributed by atoms with Crippen molar-refractivity contribution in [3.63, 3.8) is 0 Å². The Morgan fingerprint density at radius 1 is 0.541 bits per heavy atom. The van der Waals surface area contributed by atoms with E-state index in [0.717, 1.165) is 103 Å². The van der Waals surface area contributed by atoms with Crippen LogP contribution < -0.4 is 26.6 Å². The molecule has 0 rings (SSSR count). The number of ether oxygens (including phenoxy) is 2. The monoisotopic (exact) mass is 865 g/mol. The lowest BCUT2D eigenvalue weighted by Gasteiger charge is -2.33. The molecule has 0 saturated heterocycles. The maximum atomic E-state index is 12.9. The number of hydrogen-bond donors (Lipinski definition) is 6. The third kappa shape index (κ3) is 37.5. The SMILES string of the molecule is CCCCCCCCCCOC(CCNC(C)(C)CCC(=O)NCCNC(CC)(CC)CCC(=O)NCCNC(C)CCC(=N)CCC(C)C)OCCCCCCCCCC. The van der Waals surface area contributed by atoms with E-state index in [-0.39, 0.29) is 29.2 Å². The molecule has 0 aromatic heterocycles. The van der Waals surface area contributed by atoms with Crippen molar-refractivity contribution in [2.45, 2.75) is 259 Å². The summed E-state index contributed by atoms with van der Waals surface area (Å²) < 4.78 is 12.6. The summed E-state index contributed by atoms with van der Waals surface area (Å²) in [5.74, 6) is 0.789. The van der Waals surface area contributed by atoms with Crippen molar-refractivity contribution in [2.75, 3.05) is 45.9 Å². The Morgan fingerprint density at radius 2 is 1.02 bits per heavy atom. The minimum Gasteiger partial charge on any atom is -0.355 e. The number of rotatable bonds is 46. The highest BCUT2D eigenvalue weighted by molar-refractivity contribution is 5.81. The highest BCUT2D eigenvalue weighted by atomic mass is 16.7. The van der Waals surface area contributed by atoms with Crippen LogP contribution in [0.15, 0.2) is 0 Å². The molecule has 0 fully saturated rings. The van der Waals surface area contributed by atoms with Gasteiger partial charge in [0.2, 0.25) is 11.8 Å². The van der Waals surface area contributed by atoms with Crippen molar-refractivity contribution in [1.82, 2.24) is 26.6 Å². The topological polar surface area (TPSA) is 137 Å². The molecule has 0 aliphatic heterocycles. The number of hydrogen-bond acceptors (Lipinski definition) is 8. The lowest BCUT2D eigenvalue weighted by atomic mass is 9.87. The van der Waals surface area contributed by atoms with Crippen LogP contribution >= 0.6 is 0 Å². The first kappa shape index (κ1) is 59.4. The van der Waals surface area contributed by atoms with E-state index < -0.39 is 0 Å². The first-order valence-electron chi connectivity index (χ1n) is 25.9. The number of unbranched alkanes of at least 4 members (excludes halogenated alkanes) is 14. The molecule has 0 aliphatic carbocycles. The van der Waals surface area contributed by atoms with Gasteiger partial charge in [0, 0.05) is 88.0 Å². The summed E-state index contributed by atoms with van der Waals surface area (Å²) in [5.41, 5.74) is 0.532. The van der Waals surface area contributed by atoms with Gasteiger partial charge in [0.15, 0.2) is 6.29 Å². The van der Waals surface area contributed by atoms with E-state index in [4.69, 9.17) is 14.9 Å². The second-order valence-corrected chi connectivity index (χ2v) is 19.3. The fourth-order valence-corrected chi connectivity index (χ4v) is 7.76. The predicted molar refractivity (Wildman–Crippen MR) is 262 cm³/mol.